The molecule has 0 aliphatic carbocycles. The topological polar surface area (TPSA) is 110 Å². The van der Waals surface area contributed by atoms with Crippen LogP contribution in [0.5, 0.6) is 0 Å². The maximum atomic E-state index is 13.0. The summed E-state index contributed by atoms with van der Waals surface area (Å²) in [7, 11) is -3.76. The number of hydrogen-bond donors (Lipinski definition) is 2. The third kappa shape index (κ3) is 3.79. The first kappa shape index (κ1) is 18.2. The Morgan fingerprint density at radius 1 is 1.08 bits per heavy atom. The smallest absolute Gasteiger partial charge is 0.251 e. The number of primary sulfonamides is 1. The number of rotatable bonds is 5. The number of amides is 2. The van der Waals surface area contributed by atoms with E-state index in [0.29, 0.717) is 5.69 Å². The third-order valence-electron chi connectivity index (χ3n) is 4.04. The average Bonchev–Trinajstić information content (AvgIpc) is 2.87. The van der Waals surface area contributed by atoms with Crippen molar-refractivity contribution in [2.24, 2.45) is 5.14 Å². The summed E-state index contributed by atoms with van der Waals surface area (Å²) >= 11 is 0. The van der Waals surface area contributed by atoms with E-state index in [1.54, 1.807) is 12.1 Å². The van der Waals surface area contributed by atoms with Crippen molar-refractivity contribution >= 4 is 27.5 Å². The number of nitrogens with one attached hydrogen (secondary N) is 1. The summed E-state index contributed by atoms with van der Waals surface area (Å²) in [6, 6.07) is 10.3. The molecule has 1 fully saturated rings. The van der Waals surface area contributed by atoms with Crippen LogP contribution in [0.25, 0.3) is 0 Å². The van der Waals surface area contributed by atoms with E-state index in [1.807, 2.05) is 0 Å². The molecule has 0 unspecified atom stereocenters. The van der Waals surface area contributed by atoms with Gasteiger partial charge in [-0.05, 0) is 42.0 Å². The first-order valence-corrected chi connectivity index (χ1v) is 9.28. The molecule has 7 nitrogen and oxygen atoms in total. The van der Waals surface area contributed by atoms with Gasteiger partial charge >= 0.3 is 0 Å². The molecule has 1 saturated heterocycles. The van der Waals surface area contributed by atoms with Crippen molar-refractivity contribution in [3.05, 3.63) is 59.9 Å². The highest BCUT2D eigenvalue weighted by Gasteiger charge is 2.39. The maximum Gasteiger partial charge on any atom is 0.251 e. The van der Waals surface area contributed by atoms with Gasteiger partial charge in [-0.2, -0.15) is 0 Å². The van der Waals surface area contributed by atoms with Gasteiger partial charge in [-0.1, -0.05) is 12.1 Å². The fourth-order valence-corrected chi connectivity index (χ4v) is 3.21. The van der Waals surface area contributed by atoms with Crippen LogP contribution in [0.4, 0.5) is 10.1 Å². The SMILES string of the molecule is NS(=O)(=O)c1ccc(CN[C@@H]2CC(=O)N(c3ccc(F)cc3)C2=O)cc1. The first-order valence-electron chi connectivity index (χ1n) is 7.73. The van der Waals surface area contributed by atoms with Gasteiger partial charge < -0.3 is 5.32 Å². The van der Waals surface area contributed by atoms with E-state index in [9.17, 15) is 22.4 Å². The number of carbonyl (C=O) groups is 2. The minimum Gasteiger partial charge on any atom is -0.301 e. The van der Waals surface area contributed by atoms with E-state index < -0.39 is 27.8 Å². The van der Waals surface area contributed by atoms with E-state index in [1.165, 1.54) is 36.4 Å². The quantitative estimate of drug-likeness (QED) is 0.752. The minimum absolute atomic E-state index is 0.00384. The van der Waals surface area contributed by atoms with Gasteiger partial charge in [-0.25, -0.2) is 22.8 Å². The second kappa shape index (κ2) is 6.94. The molecule has 1 atom stereocenters. The number of halogens is 1. The van der Waals surface area contributed by atoms with E-state index in [4.69, 9.17) is 5.14 Å². The molecule has 9 heteroatoms. The highest BCUT2D eigenvalue weighted by molar-refractivity contribution is 7.89. The van der Waals surface area contributed by atoms with Crippen LogP contribution in [0.2, 0.25) is 0 Å². The van der Waals surface area contributed by atoms with Gasteiger partial charge in [0.25, 0.3) is 5.91 Å². The van der Waals surface area contributed by atoms with Crippen LogP contribution in [-0.4, -0.2) is 26.3 Å². The van der Waals surface area contributed by atoms with Crippen LogP contribution in [0.1, 0.15) is 12.0 Å². The molecule has 2 aromatic rings. The first-order chi connectivity index (χ1) is 12.3. The Kier molecular flexibility index (Phi) is 4.86. The largest absolute Gasteiger partial charge is 0.301 e. The third-order valence-corrected chi connectivity index (χ3v) is 4.97. The molecule has 3 N–H and O–H groups in total. The molecule has 0 spiro atoms. The van der Waals surface area contributed by atoms with E-state index in [2.05, 4.69) is 5.32 Å². The molecule has 2 aromatic carbocycles. The average molecular weight is 377 g/mol. The lowest BCUT2D eigenvalue weighted by Crippen LogP contribution is -2.38. The zero-order valence-electron chi connectivity index (χ0n) is 13.6. The normalized spacial score (nSPS) is 17.8. The molecule has 0 radical (unpaired) electrons. The molecular weight excluding hydrogens is 361 g/mol. The lowest BCUT2D eigenvalue weighted by molar-refractivity contribution is -0.121. The van der Waals surface area contributed by atoms with Gasteiger partial charge in [0.15, 0.2) is 0 Å². The number of nitrogens with two attached hydrogens (primary N) is 1. The van der Waals surface area contributed by atoms with Gasteiger partial charge in [0.1, 0.15) is 5.82 Å². The Bertz CT molecular complexity index is 943. The predicted molar refractivity (Wildman–Crippen MR) is 92.0 cm³/mol. The highest BCUT2D eigenvalue weighted by atomic mass is 32.2. The van der Waals surface area contributed by atoms with Crippen LogP contribution < -0.4 is 15.4 Å². The van der Waals surface area contributed by atoms with Gasteiger partial charge in [0.2, 0.25) is 15.9 Å². The fourth-order valence-electron chi connectivity index (χ4n) is 2.69. The molecule has 136 valence electrons. The summed E-state index contributed by atoms with van der Waals surface area (Å²) in [6.07, 6.45) is -0.00846. The van der Waals surface area contributed by atoms with Crippen molar-refractivity contribution in [1.82, 2.24) is 5.32 Å². The summed E-state index contributed by atoms with van der Waals surface area (Å²) in [5.74, 6) is -1.24. The van der Waals surface area contributed by atoms with Crippen molar-refractivity contribution < 1.29 is 22.4 Å². The molecule has 1 aliphatic heterocycles. The number of sulfonamides is 1. The Morgan fingerprint density at radius 2 is 1.69 bits per heavy atom. The predicted octanol–water partition coefficient (Wildman–Crippen LogP) is 0.895. The molecule has 3 rings (SSSR count). The van der Waals surface area contributed by atoms with Crippen LogP contribution in [0.15, 0.2) is 53.4 Å². The van der Waals surface area contributed by atoms with Crippen molar-refractivity contribution in [1.29, 1.82) is 0 Å². The van der Waals surface area contributed by atoms with Crippen molar-refractivity contribution in [3.63, 3.8) is 0 Å². The highest BCUT2D eigenvalue weighted by Crippen LogP contribution is 2.23. The molecule has 1 aliphatic rings. The molecule has 0 aromatic heterocycles. The van der Waals surface area contributed by atoms with Crippen LogP contribution in [0.3, 0.4) is 0 Å². The second-order valence-corrected chi connectivity index (χ2v) is 7.43. The lowest BCUT2D eigenvalue weighted by Gasteiger charge is -2.15. The van der Waals surface area contributed by atoms with E-state index in [-0.39, 0.29) is 23.8 Å². The summed E-state index contributed by atoms with van der Waals surface area (Å²) in [5, 5.41) is 8.02. The molecule has 26 heavy (non-hydrogen) atoms. The zero-order valence-corrected chi connectivity index (χ0v) is 14.4. The minimum atomic E-state index is -3.76. The van der Waals surface area contributed by atoms with Gasteiger partial charge in [-0.3, -0.25) is 9.59 Å². The molecule has 1 heterocycles. The van der Waals surface area contributed by atoms with E-state index in [0.717, 1.165) is 10.5 Å². The number of benzene rings is 2. The molecule has 2 amide bonds. The number of carbonyl (C=O) groups excluding carboxylic acids is 2. The zero-order chi connectivity index (χ0) is 18.9. The summed E-state index contributed by atoms with van der Waals surface area (Å²) in [6.45, 7) is 0.270. The standard InChI is InChI=1S/C17H16FN3O4S/c18-12-3-5-13(6-4-12)21-16(22)9-15(17(21)23)20-10-11-1-7-14(8-2-11)26(19,24)25/h1-8,15,20H,9-10H2,(H2,19,24,25)/t15-/m1/s1. The molecular formula is C17H16FN3O4S. The Hall–Kier alpha value is -2.62. The van der Waals surface area contributed by atoms with Gasteiger partial charge in [0, 0.05) is 6.54 Å². The Balaban J connectivity index is 1.67. The number of hydrogen-bond acceptors (Lipinski definition) is 5. The second-order valence-electron chi connectivity index (χ2n) is 5.87. The van der Waals surface area contributed by atoms with Crippen LogP contribution >= 0.6 is 0 Å². The van der Waals surface area contributed by atoms with E-state index >= 15 is 0 Å². The summed E-state index contributed by atoms with van der Waals surface area (Å²) in [5.41, 5.74) is 1.06. The lowest BCUT2D eigenvalue weighted by atomic mass is 10.2. The number of imide groups is 1. The molecule has 0 saturated carbocycles. The Morgan fingerprint density at radius 3 is 2.27 bits per heavy atom. The summed E-state index contributed by atoms with van der Waals surface area (Å²) < 4.78 is 35.5. The van der Waals surface area contributed by atoms with Crippen molar-refractivity contribution in [2.75, 3.05) is 4.90 Å². The monoisotopic (exact) mass is 377 g/mol. The van der Waals surface area contributed by atoms with Crippen LogP contribution in [0, 0.1) is 5.82 Å². The fraction of sp³-hybridized carbons (Fsp3) is 0.176. The van der Waals surface area contributed by atoms with Crippen LogP contribution in [-0.2, 0) is 26.2 Å². The van der Waals surface area contributed by atoms with Gasteiger partial charge in [-0.15, -0.1) is 0 Å². The van der Waals surface area contributed by atoms with Crippen molar-refractivity contribution in [3.8, 4) is 0 Å². The van der Waals surface area contributed by atoms with Gasteiger partial charge in [0.05, 0.1) is 23.0 Å². The number of nitrogens with zero attached hydrogens (tertiary/aromatic N) is 1. The maximum absolute atomic E-state index is 13.0. The Labute approximate surface area is 149 Å². The van der Waals surface area contributed by atoms with Crippen molar-refractivity contribution in [2.45, 2.75) is 23.9 Å². The number of anilines is 1. The summed E-state index contributed by atoms with van der Waals surface area (Å²) in [4.78, 5) is 25.6. The molecule has 0 bridgehead atoms.